The third-order valence-corrected chi connectivity index (χ3v) is 6.16. The monoisotopic (exact) mass is 423 g/mol. The fraction of sp³-hybridized carbons (Fsp3) is 0.417. The van der Waals surface area contributed by atoms with Crippen molar-refractivity contribution in [2.45, 2.75) is 51.4 Å². The second-order valence-corrected chi connectivity index (χ2v) is 8.49. The Bertz CT molecular complexity index is 1080. The normalized spacial score (nSPS) is 27.0. The molecule has 7 nitrogen and oxygen atoms in total. The molecule has 0 spiro atoms. The first-order valence-corrected chi connectivity index (χ1v) is 10.7. The van der Waals surface area contributed by atoms with E-state index in [0.717, 1.165) is 30.6 Å². The molecule has 1 amide bonds. The standard InChI is InChI=1S/C24H25NO6/c1-13-5-7-19(30-13)21-20(23(27)24(28)25(21)12-17-4-3-9-29-17)22(26)15-6-8-18-16(11-15)10-14(2)31-18/h5-8,11,14,17,21,26H,3-4,9-10,12H2,1-2H3/b22-20-. The maximum absolute atomic E-state index is 13.1. The molecule has 0 radical (unpaired) electrons. The smallest absolute Gasteiger partial charge is 0.295 e. The molecule has 3 aliphatic rings. The lowest BCUT2D eigenvalue weighted by Crippen LogP contribution is -2.36. The zero-order valence-electron chi connectivity index (χ0n) is 17.6. The molecule has 3 unspecified atom stereocenters. The molecular formula is C24H25NO6. The Kier molecular flexibility index (Phi) is 4.85. The predicted octanol–water partition coefficient (Wildman–Crippen LogP) is 3.51. The number of nitrogens with zero attached hydrogens (tertiary/aromatic N) is 1. The van der Waals surface area contributed by atoms with Gasteiger partial charge in [0, 0.05) is 25.1 Å². The van der Waals surface area contributed by atoms with Gasteiger partial charge in [0.05, 0.1) is 11.7 Å². The number of aryl methyl sites for hydroxylation is 1. The van der Waals surface area contributed by atoms with Gasteiger partial charge in [0.2, 0.25) is 0 Å². The number of aliphatic hydroxyl groups excluding tert-OH is 1. The Morgan fingerprint density at radius 2 is 2.06 bits per heavy atom. The van der Waals surface area contributed by atoms with Gasteiger partial charge in [-0.05, 0) is 62.6 Å². The second kappa shape index (κ2) is 7.57. The number of likely N-dealkylation sites (tertiary alicyclic amines) is 1. The van der Waals surface area contributed by atoms with Crippen molar-refractivity contribution in [3.8, 4) is 5.75 Å². The Balaban J connectivity index is 1.59. The van der Waals surface area contributed by atoms with Crippen molar-refractivity contribution >= 4 is 17.4 Å². The summed E-state index contributed by atoms with van der Waals surface area (Å²) in [4.78, 5) is 27.5. The van der Waals surface area contributed by atoms with Crippen LogP contribution >= 0.6 is 0 Å². The van der Waals surface area contributed by atoms with E-state index in [2.05, 4.69) is 0 Å². The van der Waals surface area contributed by atoms with Crippen LogP contribution in [0, 0.1) is 6.92 Å². The van der Waals surface area contributed by atoms with Crippen molar-refractivity contribution in [3.05, 3.63) is 58.6 Å². The first-order valence-electron chi connectivity index (χ1n) is 10.7. The lowest BCUT2D eigenvalue weighted by molar-refractivity contribution is -0.141. The molecule has 3 aliphatic heterocycles. The van der Waals surface area contributed by atoms with E-state index in [1.54, 1.807) is 31.2 Å². The molecule has 2 saturated heterocycles. The number of carbonyl (C=O) groups excluding carboxylic acids is 2. The van der Waals surface area contributed by atoms with Crippen LogP contribution in [0.2, 0.25) is 0 Å². The molecule has 4 heterocycles. The summed E-state index contributed by atoms with van der Waals surface area (Å²) in [5.41, 5.74) is 1.50. The fourth-order valence-electron chi connectivity index (χ4n) is 4.70. The molecule has 5 rings (SSSR count). The van der Waals surface area contributed by atoms with E-state index in [0.29, 0.717) is 23.7 Å². The van der Waals surface area contributed by atoms with Crippen LogP contribution in [0.15, 0.2) is 40.3 Å². The largest absolute Gasteiger partial charge is 0.507 e. The molecular weight excluding hydrogens is 398 g/mol. The number of fused-ring (bicyclic) bond motifs is 1. The first kappa shape index (κ1) is 19.9. The van der Waals surface area contributed by atoms with Gasteiger partial charge in [0.1, 0.15) is 35.2 Å². The lowest BCUT2D eigenvalue weighted by atomic mass is 9.97. The summed E-state index contributed by atoms with van der Waals surface area (Å²) in [6.07, 6.45) is 2.42. The van der Waals surface area contributed by atoms with E-state index in [-0.39, 0.29) is 30.1 Å². The van der Waals surface area contributed by atoms with Crippen molar-refractivity contribution in [1.82, 2.24) is 4.90 Å². The summed E-state index contributed by atoms with van der Waals surface area (Å²) in [6, 6.07) is 8.08. The quantitative estimate of drug-likeness (QED) is 0.460. The van der Waals surface area contributed by atoms with Gasteiger partial charge in [0.15, 0.2) is 0 Å². The van der Waals surface area contributed by atoms with Crippen LogP contribution in [0.1, 0.15) is 48.5 Å². The summed E-state index contributed by atoms with van der Waals surface area (Å²) in [5.74, 6) is 0.348. The number of furan rings is 1. The van der Waals surface area contributed by atoms with Crippen molar-refractivity contribution in [2.24, 2.45) is 0 Å². The molecule has 2 aromatic rings. The lowest BCUT2D eigenvalue weighted by Gasteiger charge is -2.25. The Morgan fingerprint density at radius 3 is 2.77 bits per heavy atom. The number of ketones is 1. The van der Waals surface area contributed by atoms with Crippen molar-refractivity contribution in [2.75, 3.05) is 13.2 Å². The van der Waals surface area contributed by atoms with Crippen LogP contribution in [-0.4, -0.2) is 47.1 Å². The second-order valence-electron chi connectivity index (χ2n) is 8.49. The van der Waals surface area contributed by atoms with Crippen molar-refractivity contribution < 1.29 is 28.6 Å². The van der Waals surface area contributed by atoms with Gasteiger partial charge in [-0.2, -0.15) is 0 Å². The SMILES string of the molecule is Cc1ccc(C2/C(=C(/O)c3ccc4c(c3)CC(C)O4)C(=O)C(=O)N2CC2CCCO2)o1. The van der Waals surface area contributed by atoms with Gasteiger partial charge in [0.25, 0.3) is 11.7 Å². The molecule has 1 aromatic carbocycles. The van der Waals surface area contributed by atoms with Crippen molar-refractivity contribution in [3.63, 3.8) is 0 Å². The number of ether oxygens (including phenoxy) is 2. The van der Waals surface area contributed by atoms with E-state index in [1.165, 1.54) is 4.90 Å². The van der Waals surface area contributed by atoms with E-state index < -0.39 is 17.7 Å². The summed E-state index contributed by atoms with van der Waals surface area (Å²) >= 11 is 0. The maximum Gasteiger partial charge on any atom is 0.295 e. The molecule has 1 aromatic heterocycles. The number of rotatable bonds is 4. The average Bonchev–Trinajstić information content (AvgIpc) is 3.51. The molecule has 2 fully saturated rings. The highest BCUT2D eigenvalue weighted by atomic mass is 16.5. The minimum absolute atomic E-state index is 0.0456. The highest BCUT2D eigenvalue weighted by molar-refractivity contribution is 6.46. The van der Waals surface area contributed by atoms with E-state index in [1.807, 2.05) is 13.0 Å². The van der Waals surface area contributed by atoms with Gasteiger partial charge in [-0.1, -0.05) is 0 Å². The highest BCUT2D eigenvalue weighted by Gasteiger charge is 2.48. The number of benzene rings is 1. The van der Waals surface area contributed by atoms with Crippen LogP contribution in [-0.2, 0) is 20.7 Å². The summed E-state index contributed by atoms with van der Waals surface area (Å²) in [6.45, 7) is 4.71. The molecule has 0 saturated carbocycles. The van der Waals surface area contributed by atoms with Gasteiger partial charge in [-0.25, -0.2) is 0 Å². The third kappa shape index (κ3) is 3.43. The van der Waals surface area contributed by atoms with Crippen LogP contribution in [0.25, 0.3) is 5.76 Å². The third-order valence-electron chi connectivity index (χ3n) is 6.16. The molecule has 162 valence electrons. The van der Waals surface area contributed by atoms with Crippen molar-refractivity contribution in [1.29, 1.82) is 0 Å². The average molecular weight is 423 g/mol. The van der Waals surface area contributed by atoms with E-state index >= 15 is 0 Å². The van der Waals surface area contributed by atoms with Crippen LogP contribution < -0.4 is 4.74 Å². The summed E-state index contributed by atoms with van der Waals surface area (Å²) in [5, 5.41) is 11.2. The zero-order chi connectivity index (χ0) is 21.7. The minimum Gasteiger partial charge on any atom is -0.507 e. The topological polar surface area (TPSA) is 89.2 Å². The molecule has 3 atom stereocenters. The molecule has 0 bridgehead atoms. The zero-order valence-corrected chi connectivity index (χ0v) is 17.6. The predicted molar refractivity (Wildman–Crippen MR) is 112 cm³/mol. The van der Waals surface area contributed by atoms with E-state index in [9.17, 15) is 14.7 Å². The van der Waals surface area contributed by atoms with Gasteiger partial charge in [-0.3, -0.25) is 9.59 Å². The van der Waals surface area contributed by atoms with Crippen LogP contribution in [0.5, 0.6) is 5.75 Å². The number of hydrogen-bond donors (Lipinski definition) is 1. The van der Waals surface area contributed by atoms with Gasteiger partial charge < -0.3 is 23.9 Å². The first-order chi connectivity index (χ1) is 14.9. The molecule has 7 heteroatoms. The summed E-state index contributed by atoms with van der Waals surface area (Å²) in [7, 11) is 0. The van der Waals surface area contributed by atoms with E-state index in [4.69, 9.17) is 13.9 Å². The summed E-state index contributed by atoms with van der Waals surface area (Å²) < 4.78 is 17.2. The fourth-order valence-corrected chi connectivity index (χ4v) is 4.70. The number of carbonyl (C=O) groups is 2. The highest BCUT2D eigenvalue weighted by Crippen LogP contribution is 2.41. The van der Waals surface area contributed by atoms with Crippen LogP contribution in [0.4, 0.5) is 0 Å². The Hall–Kier alpha value is -3.06. The number of hydrogen-bond acceptors (Lipinski definition) is 6. The molecule has 0 aliphatic carbocycles. The Morgan fingerprint density at radius 1 is 1.23 bits per heavy atom. The Labute approximate surface area is 180 Å². The minimum atomic E-state index is -0.790. The number of amides is 1. The van der Waals surface area contributed by atoms with Crippen LogP contribution in [0.3, 0.4) is 0 Å². The number of Topliss-reactive ketones (excluding diaryl/α,β-unsaturated/α-hetero) is 1. The van der Waals surface area contributed by atoms with Gasteiger partial charge in [-0.15, -0.1) is 0 Å². The molecule has 1 N–H and O–H groups in total. The van der Waals surface area contributed by atoms with Gasteiger partial charge >= 0.3 is 0 Å². The molecule has 31 heavy (non-hydrogen) atoms. The number of aliphatic hydroxyl groups is 1. The maximum atomic E-state index is 13.1.